The Balaban J connectivity index is 2.14. The van der Waals surface area contributed by atoms with E-state index in [-0.39, 0.29) is 5.91 Å². The van der Waals surface area contributed by atoms with Gasteiger partial charge in [0.1, 0.15) is 10.1 Å². The maximum absolute atomic E-state index is 10.9. The summed E-state index contributed by atoms with van der Waals surface area (Å²) in [4.78, 5) is 19.3. The molecule has 0 fully saturated rings. The van der Waals surface area contributed by atoms with Crippen LogP contribution < -0.4 is 5.32 Å². The minimum Gasteiger partial charge on any atom is -0.326 e. The molecule has 0 bridgehead atoms. The molecule has 1 N–H and O–H groups in total. The van der Waals surface area contributed by atoms with Gasteiger partial charge in [0, 0.05) is 25.0 Å². The number of pyridine rings is 2. The first kappa shape index (κ1) is 11.6. The molecule has 0 aromatic carbocycles. The molecule has 2 rings (SSSR count). The molecule has 2 aromatic rings. The lowest BCUT2D eigenvalue weighted by atomic mass is 10.4. The molecule has 0 unspecified atom stereocenters. The summed E-state index contributed by atoms with van der Waals surface area (Å²) in [5.41, 5.74) is 0.742. The molecule has 0 atom stereocenters. The van der Waals surface area contributed by atoms with Crippen LogP contribution in [0.4, 0.5) is 5.69 Å². The predicted octanol–water partition coefficient (Wildman–Crippen LogP) is 2.59. The van der Waals surface area contributed by atoms with Crippen LogP contribution in [-0.4, -0.2) is 15.9 Å². The monoisotopic (exact) mass is 245 g/mol. The second-order valence-corrected chi connectivity index (χ2v) is 4.37. The van der Waals surface area contributed by atoms with Gasteiger partial charge >= 0.3 is 0 Å². The van der Waals surface area contributed by atoms with Gasteiger partial charge in [-0.15, -0.1) is 0 Å². The Bertz CT molecular complexity index is 516. The first-order valence-corrected chi connectivity index (χ1v) is 5.88. The zero-order valence-electron chi connectivity index (χ0n) is 9.25. The largest absolute Gasteiger partial charge is 0.326 e. The van der Waals surface area contributed by atoms with Gasteiger partial charge in [-0.05, 0) is 24.3 Å². The van der Waals surface area contributed by atoms with E-state index in [0.717, 1.165) is 15.7 Å². The normalized spacial score (nSPS) is 9.94. The fourth-order valence-electron chi connectivity index (χ4n) is 1.26. The number of carbonyl (C=O) groups is 1. The quantitative estimate of drug-likeness (QED) is 0.903. The van der Waals surface area contributed by atoms with Crippen molar-refractivity contribution < 1.29 is 4.79 Å². The molecule has 4 nitrogen and oxygen atoms in total. The molecule has 0 spiro atoms. The van der Waals surface area contributed by atoms with E-state index in [9.17, 15) is 4.79 Å². The third-order valence-corrected chi connectivity index (χ3v) is 2.79. The summed E-state index contributed by atoms with van der Waals surface area (Å²) < 4.78 is 0. The summed E-state index contributed by atoms with van der Waals surface area (Å²) in [5, 5.41) is 4.39. The molecule has 0 radical (unpaired) electrons. The highest BCUT2D eigenvalue weighted by Crippen LogP contribution is 2.25. The summed E-state index contributed by atoms with van der Waals surface area (Å²) >= 11 is 1.46. The van der Waals surface area contributed by atoms with E-state index in [1.807, 2.05) is 24.3 Å². The van der Waals surface area contributed by atoms with Gasteiger partial charge in [0.25, 0.3) is 0 Å². The fraction of sp³-hybridized carbons (Fsp3) is 0.0833. The number of hydrogen-bond donors (Lipinski definition) is 1. The van der Waals surface area contributed by atoms with Crippen LogP contribution in [0.25, 0.3) is 0 Å². The molecule has 86 valence electrons. The number of carbonyl (C=O) groups excluding carboxylic acids is 1. The van der Waals surface area contributed by atoms with Gasteiger partial charge in [0.2, 0.25) is 5.91 Å². The maximum atomic E-state index is 10.9. The summed E-state index contributed by atoms with van der Waals surface area (Å²) in [6, 6.07) is 9.28. The Labute approximate surface area is 103 Å². The lowest BCUT2D eigenvalue weighted by molar-refractivity contribution is -0.114. The molecule has 5 heteroatoms. The second kappa shape index (κ2) is 5.45. The molecular formula is C12H11N3OS. The number of nitrogens with one attached hydrogen (secondary N) is 1. The van der Waals surface area contributed by atoms with E-state index in [1.54, 1.807) is 18.5 Å². The highest BCUT2D eigenvalue weighted by Gasteiger charge is 2.01. The van der Waals surface area contributed by atoms with Gasteiger partial charge in [-0.25, -0.2) is 9.97 Å². The number of nitrogens with zero attached hydrogens (tertiary/aromatic N) is 2. The maximum Gasteiger partial charge on any atom is 0.221 e. The van der Waals surface area contributed by atoms with Crippen molar-refractivity contribution in [2.45, 2.75) is 17.0 Å². The van der Waals surface area contributed by atoms with Crippen LogP contribution in [0.2, 0.25) is 0 Å². The Morgan fingerprint density at radius 1 is 1.18 bits per heavy atom. The molecule has 0 aliphatic rings. The van der Waals surface area contributed by atoms with Crippen LogP contribution >= 0.6 is 11.8 Å². The summed E-state index contributed by atoms with van der Waals surface area (Å²) in [6.07, 6.45) is 3.40. The van der Waals surface area contributed by atoms with Crippen LogP contribution in [0, 0.1) is 0 Å². The number of aromatic nitrogens is 2. The van der Waals surface area contributed by atoms with Crippen molar-refractivity contribution in [3.8, 4) is 0 Å². The summed E-state index contributed by atoms with van der Waals surface area (Å²) in [5.74, 6) is -0.0926. The molecule has 0 aliphatic heterocycles. The van der Waals surface area contributed by atoms with Crippen molar-refractivity contribution in [3.05, 3.63) is 42.7 Å². The molecule has 0 saturated carbocycles. The molecule has 0 saturated heterocycles. The van der Waals surface area contributed by atoms with Gasteiger partial charge in [0.15, 0.2) is 0 Å². The summed E-state index contributed by atoms with van der Waals surface area (Å²) in [7, 11) is 0. The van der Waals surface area contributed by atoms with Crippen molar-refractivity contribution in [3.63, 3.8) is 0 Å². The van der Waals surface area contributed by atoms with E-state index >= 15 is 0 Å². The third kappa shape index (κ3) is 3.57. The Morgan fingerprint density at radius 3 is 2.71 bits per heavy atom. The minimum atomic E-state index is -0.0926. The molecule has 17 heavy (non-hydrogen) atoms. The SMILES string of the molecule is CC(=O)Nc1ccnc(Sc2ccccn2)c1. The van der Waals surface area contributed by atoms with Gasteiger partial charge in [-0.1, -0.05) is 17.8 Å². The van der Waals surface area contributed by atoms with E-state index in [1.165, 1.54) is 18.7 Å². The van der Waals surface area contributed by atoms with Crippen molar-refractivity contribution in [2.75, 3.05) is 5.32 Å². The Morgan fingerprint density at radius 2 is 2.00 bits per heavy atom. The van der Waals surface area contributed by atoms with Crippen molar-refractivity contribution in [1.82, 2.24) is 9.97 Å². The smallest absolute Gasteiger partial charge is 0.221 e. The van der Waals surface area contributed by atoms with Gasteiger partial charge in [0.05, 0.1) is 0 Å². The molecule has 0 aliphatic carbocycles. The number of anilines is 1. The van der Waals surface area contributed by atoms with Crippen molar-refractivity contribution in [1.29, 1.82) is 0 Å². The Kier molecular flexibility index (Phi) is 3.72. The van der Waals surface area contributed by atoms with Crippen LogP contribution in [0.15, 0.2) is 52.8 Å². The topological polar surface area (TPSA) is 54.9 Å². The highest BCUT2D eigenvalue weighted by molar-refractivity contribution is 7.99. The average Bonchev–Trinajstić information content (AvgIpc) is 2.30. The lowest BCUT2D eigenvalue weighted by Crippen LogP contribution is -2.05. The lowest BCUT2D eigenvalue weighted by Gasteiger charge is -2.04. The summed E-state index contributed by atoms with van der Waals surface area (Å²) in [6.45, 7) is 1.48. The fourth-order valence-corrected chi connectivity index (χ4v) is 2.03. The molecular weight excluding hydrogens is 234 g/mol. The van der Waals surface area contributed by atoms with Crippen molar-refractivity contribution in [2.24, 2.45) is 0 Å². The zero-order valence-corrected chi connectivity index (χ0v) is 10.1. The third-order valence-electron chi connectivity index (χ3n) is 1.90. The average molecular weight is 245 g/mol. The predicted molar refractivity (Wildman–Crippen MR) is 66.9 cm³/mol. The number of hydrogen-bond acceptors (Lipinski definition) is 4. The van der Waals surface area contributed by atoms with Crippen LogP contribution in [-0.2, 0) is 4.79 Å². The Hall–Kier alpha value is -1.88. The first-order valence-electron chi connectivity index (χ1n) is 5.06. The van der Waals surface area contributed by atoms with E-state index in [4.69, 9.17) is 0 Å². The highest BCUT2D eigenvalue weighted by atomic mass is 32.2. The van der Waals surface area contributed by atoms with Gasteiger partial charge < -0.3 is 5.32 Å². The van der Waals surface area contributed by atoms with Crippen LogP contribution in [0.3, 0.4) is 0 Å². The molecule has 1 amide bonds. The van der Waals surface area contributed by atoms with Crippen LogP contribution in [0.5, 0.6) is 0 Å². The molecule has 2 aromatic heterocycles. The van der Waals surface area contributed by atoms with Crippen molar-refractivity contribution >= 4 is 23.4 Å². The van der Waals surface area contributed by atoms with Gasteiger partial charge in [-0.2, -0.15) is 0 Å². The zero-order chi connectivity index (χ0) is 12.1. The van der Waals surface area contributed by atoms with E-state index in [2.05, 4.69) is 15.3 Å². The second-order valence-electron chi connectivity index (χ2n) is 3.33. The van der Waals surface area contributed by atoms with E-state index in [0.29, 0.717) is 0 Å². The molecule has 2 heterocycles. The number of rotatable bonds is 3. The minimum absolute atomic E-state index is 0.0926. The standard InChI is InChI=1S/C12H11N3OS/c1-9(16)15-10-5-7-14-12(8-10)17-11-4-2-3-6-13-11/h2-8H,1H3,(H,14,15,16). The first-order chi connectivity index (χ1) is 8.24. The van der Waals surface area contributed by atoms with Crippen LogP contribution in [0.1, 0.15) is 6.92 Å². The van der Waals surface area contributed by atoms with E-state index < -0.39 is 0 Å². The number of amides is 1. The van der Waals surface area contributed by atoms with Gasteiger partial charge in [-0.3, -0.25) is 4.79 Å².